The summed E-state index contributed by atoms with van der Waals surface area (Å²) in [6.45, 7) is 0.390. The summed E-state index contributed by atoms with van der Waals surface area (Å²) >= 11 is 1.65. The second-order valence-corrected chi connectivity index (χ2v) is 8.43. The van der Waals surface area contributed by atoms with Gasteiger partial charge in [-0.1, -0.05) is 30.0 Å². The van der Waals surface area contributed by atoms with E-state index in [-0.39, 0.29) is 12.0 Å². The van der Waals surface area contributed by atoms with Crippen molar-refractivity contribution < 1.29 is 9.53 Å². The van der Waals surface area contributed by atoms with Crippen molar-refractivity contribution in [3.05, 3.63) is 71.7 Å². The van der Waals surface area contributed by atoms with Crippen molar-refractivity contribution in [1.29, 1.82) is 0 Å². The highest BCUT2D eigenvalue weighted by Gasteiger charge is 2.19. The number of hydrogen-bond donors (Lipinski definition) is 1. The molecule has 6 nitrogen and oxygen atoms in total. The molecule has 0 spiro atoms. The summed E-state index contributed by atoms with van der Waals surface area (Å²) in [6, 6.07) is 11.5. The lowest BCUT2D eigenvalue weighted by molar-refractivity contribution is 0.0950. The number of aryl methyl sites for hydroxylation is 1. The average Bonchev–Trinajstić information content (AvgIpc) is 3.43. The molecular formula is C23H26N4O2S. The van der Waals surface area contributed by atoms with Crippen LogP contribution in [-0.2, 0) is 19.3 Å². The van der Waals surface area contributed by atoms with Crippen molar-refractivity contribution >= 4 is 17.7 Å². The number of pyridine rings is 1. The number of benzene rings is 1. The number of nitrogens with zero attached hydrogens (tertiary/aromatic N) is 3. The minimum atomic E-state index is -0.102. The molecule has 7 heteroatoms. The Kier molecular flexibility index (Phi) is 6.69. The lowest BCUT2D eigenvalue weighted by Gasteiger charge is -2.15. The Morgan fingerprint density at radius 3 is 2.87 bits per heavy atom. The van der Waals surface area contributed by atoms with Crippen molar-refractivity contribution in [2.75, 3.05) is 0 Å². The molecule has 1 amide bonds. The Balaban J connectivity index is 1.36. The zero-order valence-corrected chi connectivity index (χ0v) is 17.9. The van der Waals surface area contributed by atoms with Gasteiger partial charge in [-0.15, -0.1) is 0 Å². The van der Waals surface area contributed by atoms with Crippen molar-refractivity contribution in [3.63, 3.8) is 0 Å². The molecule has 3 aromatic rings. The van der Waals surface area contributed by atoms with Gasteiger partial charge in [0, 0.05) is 49.1 Å². The normalized spacial score (nSPS) is 14.0. The molecule has 156 valence electrons. The van der Waals surface area contributed by atoms with Crippen LogP contribution in [0.1, 0.15) is 47.2 Å². The number of carbonyl (C=O) groups excluding carboxylic acids is 1. The van der Waals surface area contributed by atoms with E-state index in [0.717, 1.165) is 34.9 Å². The molecule has 0 aliphatic heterocycles. The summed E-state index contributed by atoms with van der Waals surface area (Å²) in [6.07, 6.45) is 10.2. The van der Waals surface area contributed by atoms with Gasteiger partial charge in [0.2, 0.25) is 5.88 Å². The molecule has 0 atom stereocenters. The van der Waals surface area contributed by atoms with Crippen molar-refractivity contribution in [2.24, 2.45) is 7.05 Å². The molecule has 30 heavy (non-hydrogen) atoms. The Labute approximate surface area is 181 Å². The monoisotopic (exact) mass is 422 g/mol. The molecule has 1 aromatic carbocycles. The Hall–Kier alpha value is -2.80. The SMILES string of the molecule is Cn1ccnc1SCc1cccc(C(=O)NCc2cccnc2OC2CCCC2)c1. The lowest BCUT2D eigenvalue weighted by Crippen LogP contribution is -2.24. The first-order valence-electron chi connectivity index (χ1n) is 10.3. The first-order chi connectivity index (χ1) is 14.7. The van der Waals surface area contributed by atoms with Crippen molar-refractivity contribution in [3.8, 4) is 5.88 Å². The highest BCUT2D eigenvalue weighted by Crippen LogP contribution is 2.25. The third-order valence-electron chi connectivity index (χ3n) is 5.20. The number of amides is 1. The Morgan fingerprint density at radius 2 is 2.07 bits per heavy atom. The summed E-state index contributed by atoms with van der Waals surface area (Å²) in [4.78, 5) is 21.4. The summed E-state index contributed by atoms with van der Waals surface area (Å²) in [5, 5.41) is 3.96. The van der Waals surface area contributed by atoms with Gasteiger partial charge in [-0.3, -0.25) is 4.79 Å². The molecular weight excluding hydrogens is 396 g/mol. The maximum atomic E-state index is 12.7. The molecule has 4 rings (SSSR count). The van der Waals surface area contributed by atoms with Gasteiger partial charge < -0.3 is 14.6 Å². The van der Waals surface area contributed by atoms with E-state index in [1.165, 1.54) is 12.8 Å². The van der Waals surface area contributed by atoms with E-state index in [4.69, 9.17) is 4.74 Å². The Bertz CT molecular complexity index is 998. The van der Waals surface area contributed by atoms with Crippen LogP contribution in [0.3, 0.4) is 0 Å². The van der Waals surface area contributed by atoms with E-state index in [9.17, 15) is 4.79 Å². The van der Waals surface area contributed by atoms with E-state index in [2.05, 4.69) is 15.3 Å². The Morgan fingerprint density at radius 1 is 1.20 bits per heavy atom. The number of thioether (sulfide) groups is 1. The largest absolute Gasteiger partial charge is 0.474 e. The average molecular weight is 423 g/mol. The first-order valence-corrected chi connectivity index (χ1v) is 11.3. The van der Waals surface area contributed by atoms with Crippen LogP contribution >= 0.6 is 11.8 Å². The molecule has 1 saturated carbocycles. The molecule has 2 aromatic heterocycles. The number of aromatic nitrogens is 3. The van der Waals surface area contributed by atoms with Gasteiger partial charge in [0.25, 0.3) is 5.91 Å². The van der Waals surface area contributed by atoms with Gasteiger partial charge in [0.1, 0.15) is 6.10 Å². The molecule has 0 bridgehead atoms. The van der Waals surface area contributed by atoms with Crippen LogP contribution in [0.5, 0.6) is 5.88 Å². The molecule has 0 unspecified atom stereocenters. The van der Waals surface area contributed by atoms with E-state index in [1.807, 2.05) is 54.2 Å². The maximum Gasteiger partial charge on any atom is 0.251 e. The molecule has 1 N–H and O–H groups in total. The van der Waals surface area contributed by atoms with Crippen molar-refractivity contribution in [2.45, 2.75) is 49.2 Å². The van der Waals surface area contributed by atoms with Crippen LogP contribution < -0.4 is 10.1 Å². The molecule has 1 aliphatic rings. The van der Waals surface area contributed by atoms with Crippen LogP contribution in [0.15, 0.2) is 60.1 Å². The molecule has 1 aliphatic carbocycles. The second kappa shape index (κ2) is 9.80. The number of imidazole rings is 1. The quantitative estimate of drug-likeness (QED) is 0.546. The van der Waals surface area contributed by atoms with Crippen molar-refractivity contribution in [1.82, 2.24) is 19.9 Å². The fourth-order valence-corrected chi connectivity index (χ4v) is 4.42. The van der Waals surface area contributed by atoms with Gasteiger partial charge in [-0.25, -0.2) is 9.97 Å². The first kappa shape index (κ1) is 20.5. The highest BCUT2D eigenvalue weighted by atomic mass is 32.2. The minimum absolute atomic E-state index is 0.102. The smallest absolute Gasteiger partial charge is 0.251 e. The van der Waals surface area contributed by atoms with Crippen LogP contribution in [-0.4, -0.2) is 26.5 Å². The van der Waals surface area contributed by atoms with E-state index < -0.39 is 0 Å². The number of nitrogens with one attached hydrogen (secondary N) is 1. The summed E-state index contributed by atoms with van der Waals surface area (Å²) in [5.74, 6) is 1.29. The van der Waals surface area contributed by atoms with Gasteiger partial charge in [0.05, 0.1) is 0 Å². The van der Waals surface area contributed by atoms with Crippen LogP contribution in [0.4, 0.5) is 0 Å². The summed E-state index contributed by atoms with van der Waals surface area (Å²) in [5.41, 5.74) is 2.64. The second-order valence-electron chi connectivity index (χ2n) is 7.48. The van der Waals surface area contributed by atoms with Gasteiger partial charge in [0.15, 0.2) is 5.16 Å². The molecule has 1 fully saturated rings. The predicted octanol–water partition coefficient (Wildman–Crippen LogP) is 4.36. The maximum absolute atomic E-state index is 12.7. The standard InChI is InChI=1S/C23H26N4O2S/c1-27-13-12-25-23(27)30-16-17-6-4-7-18(14-17)21(28)26-15-19-8-5-11-24-22(19)29-20-9-2-3-10-20/h4-8,11-14,20H,2-3,9-10,15-16H2,1H3,(H,26,28). The van der Waals surface area contributed by atoms with E-state index in [0.29, 0.717) is 18.0 Å². The number of ether oxygens (including phenoxy) is 1. The number of hydrogen-bond acceptors (Lipinski definition) is 5. The molecule has 2 heterocycles. The third kappa shape index (κ3) is 5.21. The third-order valence-corrected chi connectivity index (χ3v) is 6.33. The van der Waals surface area contributed by atoms with Gasteiger partial charge in [-0.2, -0.15) is 0 Å². The number of carbonyl (C=O) groups is 1. The number of rotatable bonds is 8. The fourth-order valence-electron chi connectivity index (χ4n) is 3.55. The topological polar surface area (TPSA) is 69.0 Å². The summed E-state index contributed by atoms with van der Waals surface area (Å²) in [7, 11) is 1.97. The van der Waals surface area contributed by atoms with Crippen LogP contribution in [0, 0.1) is 0 Å². The van der Waals surface area contributed by atoms with E-state index >= 15 is 0 Å². The van der Waals surface area contributed by atoms with Crippen LogP contribution in [0.25, 0.3) is 0 Å². The van der Waals surface area contributed by atoms with Gasteiger partial charge >= 0.3 is 0 Å². The van der Waals surface area contributed by atoms with E-state index in [1.54, 1.807) is 24.2 Å². The molecule has 0 radical (unpaired) electrons. The zero-order valence-electron chi connectivity index (χ0n) is 17.1. The zero-order chi connectivity index (χ0) is 20.8. The highest BCUT2D eigenvalue weighted by molar-refractivity contribution is 7.98. The fraction of sp³-hybridized carbons (Fsp3) is 0.348. The van der Waals surface area contributed by atoms with Gasteiger partial charge in [-0.05, 0) is 49.4 Å². The lowest BCUT2D eigenvalue weighted by atomic mass is 10.1. The summed E-state index contributed by atoms with van der Waals surface area (Å²) < 4.78 is 8.05. The minimum Gasteiger partial charge on any atom is -0.474 e. The molecule has 0 saturated heterocycles. The predicted molar refractivity (Wildman–Crippen MR) is 118 cm³/mol. The van der Waals surface area contributed by atoms with Crippen LogP contribution in [0.2, 0.25) is 0 Å².